The van der Waals surface area contributed by atoms with Gasteiger partial charge in [-0.3, -0.25) is 4.68 Å². The number of benzene rings is 1. The van der Waals surface area contributed by atoms with Crippen LogP contribution in [0.2, 0.25) is 0 Å². The molecule has 3 rings (SSSR count). The Morgan fingerprint density at radius 2 is 1.89 bits per heavy atom. The van der Waals surface area contributed by atoms with Crippen molar-refractivity contribution in [2.45, 2.75) is 19.9 Å². The topological polar surface area (TPSA) is 72.1 Å². The number of halogens is 1. The second-order valence-corrected chi connectivity index (χ2v) is 5.94. The molecule has 0 amide bonds. The molecule has 144 valence electrons. The highest BCUT2D eigenvalue weighted by Gasteiger charge is 2.01. The fourth-order valence-corrected chi connectivity index (χ4v) is 2.62. The summed E-state index contributed by atoms with van der Waals surface area (Å²) in [5.41, 5.74) is 3.42. The van der Waals surface area contributed by atoms with Gasteiger partial charge in [0.2, 0.25) is 0 Å². The molecule has 0 radical (unpaired) electrons. The number of nitrogens with zero attached hydrogens (tertiary/aromatic N) is 5. The lowest BCUT2D eigenvalue weighted by molar-refractivity contribution is 0.707. The number of aromatic nitrogens is 4. The van der Waals surface area contributed by atoms with E-state index >= 15 is 0 Å². The van der Waals surface area contributed by atoms with Gasteiger partial charge in [-0.05, 0) is 43.2 Å². The Bertz CT molecular complexity index is 822. The van der Waals surface area contributed by atoms with Crippen molar-refractivity contribution >= 4 is 29.9 Å². The quantitative estimate of drug-likeness (QED) is 0.311. The summed E-state index contributed by atoms with van der Waals surface area (Å²) < 4.78 is 3.70. The van der Waals surface area contributed by atoms with E-state index in [1.54, 1.807) is 12.4 Å². The van der Waals surface area contributed by atoms with Crippen molar-refractivity contribution in [2.75, 3.05) is 13.1 Å². The third-order valence-electron chi connectivity index (χ3n) is 4.08. The second-order valence-electron chi connectivity index (χ2n) is 5.94. The maximum Gasteiger partial charge on any atom is 0.191 e. The number of hydrogen-bond donors (Lipinski definition) is 2. The van der Waals surface area contributed by atoms with E-state index < -0.39 is 0 Å². The summed E-state index contributed by atoms with van der Waals surface area (Å²) >= 11 is 0. The Hall–Kier alpha value is -2.36. The average molecular weight is 479 g/mol. The van der Waals surface area contributed by atoms with Crippen LogP contribution in [0.1, 0.15) is 18.2 Å². The minimum absolute atomic E-state index is 0. The van der Waals surface area contributed by atoms with E-state index in [0.29, 0.717) is 6.54 Å². The summed E-state index contributed by atoms with van der Waals surface area (Å²) in [5.74, 6) is 0.821. The van der Waals surface area contributed by atoms with Crippen LogP contribution in [0.15, 0.2) is 60.0 Å². The highest BCUT2D eigenvalue weighted by atomic mass is 127. The first-order valence-electron chi connectivity index (χ1n) is 8.84. The van der Waals surface area contributed by atoms with E-state index in [0.717, 1.165) is 36.9 Å². The Balaban J connectivity index is 0.00000261. The van der Waals surface area contributed by atoms with Crippen molar-refractivity contribution in [3.8, 4) is 5.69 Å². The summed E-state index contributed by atoms with van der Waals surface area (Å²) in [4.78, 5) is 4.62. The molecule has 0 aliphatic heterocycles. The predicted molar refractivity (Wildman–Crippen MR) is 119 cm³/mol. The molecule has 3 aromatic rings. The van der Waals surface area contributed by atoms with Gasteiger partial charge in [-0.1, -0.05) is 12.1 Å². The number of nitrogens with one attached hydrogen (secondary N) is 2. The Kier molecular flexibility index (Phi) is 8.31. The van der Waals surface area contributed by atoms with E-state index in [4.69, 9.17) is 0 Å². The number of rotatable bonds is 7. The molecule has 0 aliphatic rings. The minimum Gasteiger partial charge on any atom is -0.357 e. The molecule has 0 saturated carbocycles. The van der Waals surface area contributed by atoms with Gasteiger partial charge in [0.25, 0.3) is 0 Å². The largest absolute Gasteiger partial charge is 0.357 e. The SMILES string of the molecule is CCNC(=NCc1ccnn1C)NCCc1ccc(-n2cccn2)cc1.I. The van der Waals surface area contributed by atoms with Gasteiger partial charge in [0.15, 0.2) is 5.96 Å². The lowest BCUT2D eigenvalue weighted by Crippen LogP contribution is -2.38. The molecule has 0 bridgehead atoms. The fourth-order valence-electron chi connectivity index (χ4n) is 2.62. The van der Waals surface area contributed by atoms with E-state index in [2.05, 4.69) is 57.0 Å². The molecule has 0 saturated heterocycles. The van der Waals surface area contributed by atoms with Gasteiger partial charge in [0.05, 0.1) is 17.9 Å². The van der Waals surface area contributed by atoms with Crippen LogP contribution in [0, 0.1) is 0 Å². The third-order valence-corrected chi connectivity index (χ3v) is 4.08. The van der Waals surface area contributed by atoms with E-state index in [1.807, 2.05) is 34.7 Å². The van der Waals surface area contributed by atoms with Crippen molar-refractivity contribution in [1.29, 1.82) is 0 Å². The third kappa shape index (κ3) is 6.09. The first kappa shape index (κ1) is 20.9. The zero-order chi connectivity index (χ0) is 18.2. The van der Waals surface area contributed by atoms with Gasteiger partial charge in [0.1, 0.15) is 0 Å². The van der Waals surface area contributed by atoms with Crippen LogP contribution in [-0.4, -0.2) is 38.6 Å². The molecule has 0 atom stereocenters. The van der Waals surface area contributed by atoms with Gasteiger partial charge in [-0.2, -0.15) is 10.2 Å². The van der Waals surface area contributed by atoms with Crippen molar-refractivity contribution < 1.29 is 0 Å². The molecular weight excluding hydrogens is 453 g/mol. The lowest BCUT2D eigenvalue weighted by atomic mass is 10.1. The van der Waals surface area contributed by atoms with Crippen LogP contribution in [0.3, 0.4) is 0 Å². The average Bonchev–Trinajstić information content (AvgIpc) is 3.32. The van der Waals surface area contributed by atoms with Gasteiger partial charge in [-0.15, -0.1) is 24.0 Å². The Morgan fingerprint density at radius 1 is 1.07 bits per heavy atom. The van der Waals surface area contributed by atoms with Crippen LogP contribution in [0.4, 0.5) is 0 Å². The summed E-state index contributed by atoms with van der Waals surface area (Å²) in [5, 5.41) is 15.1. The summed E-state index contributed by atoms with van der Waals surface area (Å²) in [7, 11) is 1.93. The molecule has 0 aliphatic carbocycles. The van der Waals surface area contributed by atoms with Crippen LogP contribution in [0.25, 0.3) is 5.69 Å². The summed E-state index contributed by atoms with van der Waals surface area (Å²) in [6, 6.07) is 12.4. The Labute approximate surface area is 176 Å². The van der Waals surface area contributed by atoms with Gasteiger partial charge < -0.3 is 10.6 Å². The van der Waals surface area contributed by atoms with E-state index in [-0.39, 0.29) is 24.0 Å². The van der Waals surface area contributed by atoms with Gasteiger partial charge >= 0.3 is 0 Å². The van der Waals surface area contributed by atoms with Crippen LogP contribution in [-0.2, 0) is 20.0 Å². The smallest absolute Gasteiger partial charge is 0.191 e. The van der Waals surface area contributed by atoms with Crippen molar-refractivity contribution in [3.05, 3.63) is 66.2 Å². The van der Waals surface area contributed by atoms with Crippen molar-refractivity contribution in [1.82, 2.24) is 30.2 Å². The molecule has 1 aromatic carbocycles. The number of guanidine groups is 1. The Morgan fingerprint density at radius 3 is 2.52 bits per heavy atom. The lowest BCUT2D eigenvalue weighted by Gasteiger charge is -2.11. The first-order valence-corrected chi connectivity index (χ1v) is 8.84. The number of aliphatic imine (C=N–C) groups is 1. The van der Waals surface area contributed by atoms with Crippen LogP contribution < -0.4 is 10.6 Å². The van der Waals surface area contributed by atoms with Crippen LogP contribution >= 0.6 is 24.0 Å². The number of hydrogen-bond acceptors (Lipinski definition) is 3. The molecule has 7 nitrogen and oxygen atoms in total. The standard InChI is InChI=1S/C19H25N7.HI/c1-3-20-19(22-15-18-10-13-23-25(18)2)21-12-9-16-5-7-17(8-6-16)26-14-4-11-24-26;/h4-8,10-11,13-14H,3,9,12,15H2,1-2H3,(H2,20,21,22);1H. The molecule has 0 unspecified atom stereocenters. The molecule has 8 heteroatoms. The highest BCUT2D eigenvalue weighted by molar-refractivity contribution is 14.0. The van der Waals surface area contributed by atoms with E-state index in [1.165, 1.54) is 5.56 Å². The zero-order valence-corrected chi connectivity index (χ0v) is 18.0. The first-order chi connectivity index (χ1) is 12.8. The molecule has 2 aromatic heterocycles. The zero-order valence-electron chi connectivity index (χ0n) is 15.7. The molecule has 27 heavy (non-hydrogen) atoms. The second kappa shape index (κ2) is 10.7. The molecule has 0 fully saturated rings. The highest BCUT2D eigenvalue weighted by Crippen LogP contribution is 2.08. The van der Waals surface area contributed by atoms with E-state index in [9.17, 15) is 0 Å². The van der Waals surface area contributed by atoms with Crippen molar-refractivity contribution in [2.24, 2.45) is 12.0 Å². The monoisotopic (exact) mass is 479 g/mol. The summed E-state index contributed by atoms with van der Waals surface area (Å²) in [6.45, 7) is 4.31. The predicted octanol–water partition coefficient (Wildman–Crippen LogP) is 2.52. The summed E-state index contributed by atoms with van der Waals surface area (Å²) in [6.07, 6.45) is 6.44. The van der Waals surface area contributed by atoms with Gasteiger partial charge in [-0.25, -0.2) is 9.67 Å². The van der Waals surface area contributed by atoms with Gasteiger partial charge in [0, 0.05) is 38.7 Å². The maximum atomic E-state index is 4.62. The minimum atomic E-state index is 0. The molecule has 2 heterocycles. The normalized spacial score (nSPS) is 11.1. The maximum absolute atomic E-state index is 4.62. The molecule has 2 N–H and O–H groups in total. The molecule has 0 spiro atoms. The van der Waals surface area contributed by atoms with Crippen LogP contribution in [0.5, 0.6) is 0 Å². The molecular formula is C19H26IN7. The van der Waals surface area contributed by atoms with Crippen molar-refractivity contribution in [3.63, 3.8) is 0 Å². The fraction of sp³-hybridized carbons (Fsp3) is 0.316. The number of aryl methyl sites for hydroxylation is 1.